The highest BCUT2D eigenvalue weighted by atomic mass is 35.5. The van der Waals surface area contributed by atoms with Crippen LogP contribution >= 0.6 is 11.6 Å². The van der Waals surface area contributed by atoms with Gasteiger partial charge in [0.25, 0.3) is 0 Å². The standard InChI is InChI=1S/C13H19ClN2/c1-10(9-15)11-4-5-13(12(14)8-11)16-6-2-3-7-16/h4-5,8,10H,2-3,6-7,9,15H2,1H3. The molecular weight excluding hydrogens is 220 g/mol. The van der Waals surface area contributed by atoms with Gasteiger partial charge < -0.3 is 10.6 Å². The summed E-state index contributed by atoms with van der Waals surface area (Å²) in [6.07, 6.45) is 2.55. The van der Waals surface area contributed by atoms with Gasteiger partial charge in [-0.05, 0) is 43.0 Å². The van der Waals surface area contributed by atoms with Crippen molar-refractivity contribution in [3.63, 3.8) is 0 Å². The monoisotopic (exact) mass is 238 g/mol. The van der Waals surface area contributed by atoms with Gasteiger partial charge in [0.15, 0.2) is 0 Å². The Balaban J connectivity index is 2.22. The van der Waals surface area contributed by atoms with Crippen molar-refractivity contribution in [2.75, 3.05) is 24.5 Å². The highest BCUT2D eigenvalue weighted by Crippen LogP contribution is 2.31. The third kappa shape index (κ3) is 2.33. The van der Waals surface area contributed by atoms with Gasteiger partial charge in [0.1, 0.15) is 0 Å². The second-order valence-corrected chi connectivity index (χ2v) is 4.95. The Bertz CT molecular complexity index is 359. The summed E-state index contributed by atoms with van der Waals surface area (Å²) in [5.41, 5.74) is 8.07. The minimum Gasteiger partial charge on any atom is -0.370 e. The predicted molar refractivity (Wildman–Crippen MR) is 70.4 cm³/mol. The lowest BCUT2D eigenvalue weighted by Crippen LogP contribution is -2.18. The van der Waals surface area contributed by atoms with Gasteiger partial charge in [0, 0.05) is 13.1 Å². The smallest absolute Gasteiger partial charge is 0.0642 e. The largest absolute Gasteiger partial charge is 0.370 e. The van der Waals surface area contributed by atoms with Crippen molar-refractivity contribution < 1.29 is 0 Å². The summed E-state index contributed by atoms with van der Waals surface area (Å²) in [6.45, 7) is 5.05. The number of benzene rings is 1. The number of nitrogens with zero attached hydrogens (tertiary/aromatic N) is 1. The molecule has 88 valence electrons. The number of anilines is 1. The number of halogens is 1. The van der Waals surface area contributed by atoms with E-state index in [4.69, 9.17) is 17.3 Å². The summed E-state index contributed by atoms with van der Waals surface area (Å²) in [5.74, 6) is 0.380. The number of hydrogen-bond donors (Lipinski definition) is 1. The van der Waals surface area contributed by atoms with Gasteiger partial charge in [-0.2, -0.15) is 0 Å². The third-order valence-corrected chi connectivity index (χ3v) is 3.64. The maximum Gasteiger partial charge on any atom is 0.0642 e. The lowest BCUT2D eigenvalue weighted by atomic mass is 10.0. The average Bonchev–Trinajstić information content (AvgIpc) is 2.81. The molecule has 0 amide bonds. The van der Waals surface area contributed by atoms with Crippen LogP contribution in [0.1, 0.15) is 31.2 Å². The van der Waals surface area contributed by atoms with Crippen LogP contribution in [0.4, 0.5) is 5.69 Å². The summed E-state index contributed by atoms with van der Waals surface area (Å²) < 4.78 is 0. The van der Waals surface area contributed by atoms with Gasteiger partial charge in [-0.1, -0.05) is 24.6 Å². The summed E-state index contributed by atoms with van der Waals surface area (Å²) in [4.78, 5) is 2.36. The molecule has 0 aromatic heterocycles. The van der Waals surface area contributed by atoms with Crippen molar-refractivity contribution in [1.82, 2.24) is 0 Å². The second-order valence-electron chi connectivity index (χ2n) is 4.54. The van der Waals surface area contributed by atoms with Crippen LogP contribution in [0.2, 0.25) is 5.02 Å². The van der Waals surface area contributed by atoms with E-state index >= 15 is 0 Å². The number of hydrogen-bond acceptors (Lipinski definition) is 2. The summed E-state index contributed by atoms with van der Waals surface area (Å²) in [7, 11) is 0. The third-order valence-electron chi connectivity index (χ3n) is 3.34. The highest BCUT2D eigenvalue weighted by Gasteiger charge is 2.15. The molecule has 2 N–H and O–H groups in total. The Morgan fingerprint density at radius 3 is 2.62 bits per heavy atom. The zero-order chi connectivity index (χ0) is 11.5. The van der Waals surface area contributed by atoms with Crippen LogP contribution in [-0.2, 0) is 0 Å². The molecule has 2 nitrogen and oxygen atoms in total. The molecule has 1 aliphatic heterocycles. The number of nitrogens with two attached hydrogens (primary N) is 1. The minimum atomic E-state index is 0.380. The van der Waals surface area contributed by atoms with Crippen molar-refractivity contribution in [3.8, 4) is 0 Å². The molecule has 1 aliphatic rings. The van der Waals surface area contributed by atoms with Crippen LogP contribution in [0.5, 0.6) is 0 Å². The van der Waals surface area contributed by atoms with Gasteiger partial charge in [0.2, 0.25) is 0 Å². The van der Waals surface area contributed by atoms with Crippen LogP contribution in [0.3, 0.4) is 0 Å². The molecule has 3 heteroatoms. The zero-order valence-corrected chi connectivity index (χ0v) is 10.5. The molecule has 16 heavy (non-hydrogen) atoms. The molecule has 0 radical (unpaired) electrons. The first-order valence-electron chi connectivity index (χ1n) is 5.97. The molecule has 1 atom stereocenters. The Morgan fingerprint density at radius 1 is 1.38 bits per heavy atom. The fraction of sp³-hybridized carbons (Fsp3) is 0.538. The van der Waals surface area contributed by atoms with E-state index in [2.05, 4.69) is 30.0 Å². The highest BCUT2D eigenvalue weighted by molar-refractivity contribution is 6.33. The second kappa shape index (κ2) is 5.07. The van der Waals surface area contributed by atoms with Gasteiger partial charge >= 0.3 is 0 Å². The van der Waals surface area contributed by atoms with Crippen molar-refractivity contribution in [2.45, 2.75) is 25.7 Å². The van der Waals surface area contributed by atoms with Crippen molar-refractivity contribution in [2.24, 2.45) is 5.73 Å². The van der Waals surface area contributed by atoms with Crippen LogP contribution in [0, 0.1) is 0 Å². The molecule has 1 saturated heterocycles. The fourth-order valence-electron chi connectivity index (χ4n) is 2.18. The normalized spacial score (nSPS) is 17.8. The minimum absolute atomic E-state index is 0.380. The molecule has 2 rings (SSSR count). The zero-order valence-electron chi connectivity index (χ0n) is 9.75. The molecule has 1 aromatic rings. The van der Waals surface area contributed by atoms with E-state index in [9.17, 15) is 0 Å². The van der Waals surface area contributed by atoms with E-state index in [1.165, 1.54) is 24.1 Å². The summed E-state index contributed by atoms with van der Waals surface area (Å²) in [6, 6.07) is 6.35. The quantitative estimate of drug-likeness (QED) is 0.877. The van der Waals surface area contributed by atoms with Crippen LogP contribution in [0.15, 0.2) is 18.2 Å². The van der Waals surface area contributed by atoms with E-state index in [1.54, 1.807) is 0 Å². The van der Waals surface area contributed by atoms with E-state index in [0.717, 1.165) is 18.1 Å². The number of rotatable bonds is 3. The Morgan fingerprint density at radius 2 is 2.06 bits per heavy atom. The lowest BCUT2D eigenvalue weighted by molar-refractivity contribution is 0.774. The summed E-state index contributed by atoms with van der Waals surface area (Å²) >= 11 is 6.33. The predicted octanol–water partition coefficient (Wildman–Crippen LogP) is 3.00. The molecular formula is C13H19ClN2. The van der Waals surface area contributed by atoms with Gasteiger partial charge in [-0.25, -0.2) is 0 Å². The van der Waals surface area contributed by atoms with Crippen LogP contribution in [0.25, 0.3) is 0 Å². The van der Waals surface area contributed by atoms with Crippen molar-refractivity contribution in [3.05, 3.63) is 28.8 Å². The molecule has 1 heterocycles. The maximum absolute atomic E-state index is 6.33. The molecule has 0 bridgehead atoms. The topological polar surface area (TPSA) is 29.3 Å². The van der Waals surface area contributed by atoms with Crippen molar-refractivity contribution >= 4 is 17.3 Å². The molecule has 1 fully saturated rings. The van der Waals surface area contributed by atoms with Crippen LogP contribution in [-0.4, -0.2) is 19.6 Å². The van der Waals surface area contributed by atoms with Gasteiger partial charge in [-0.15, -0.1) is 0 Å². The van der Waals surface area contributed by atoms with E-state index in [1.807, 2.05) is 0 Å². The van der Waals surface area contributed by atoms with Gasteiger partial charge in [-0.3, -0.25) is 0 Å². The lowest BCUT2D eigenvalue weighted by Gasteiger charge is -2.20. The van der Waals surface area contributed by atoms with Crippen LogP contribution < -0.4 is 10.6 Å². The molecule has 1 aromatic carbocycles. The SMILES string of the molecule is CC(CN)c1ccc(N2CCCC2)c(Cl)c1. The molecule has 0 spiro atoms. The Hall–Kier alpha value is -0.730. The van der Waals surface area contributed by atoms with E-state index in [-0.39, 0.29) is 0 Å². The first-order chi connectivity index (χ1) is 7.72. The first kappa shape index (κ1) is 11.7. The molecule has 0 aliphatic carbocycles. The molecule has 1 unspecified atom stereocenters. The van der Waals surface area contributed by atoms with Gasteiger partial charge in [0.05, 0.1) is 10.7 Å². The summed E-state index contributed by atoms with van der Waals surface area (Å²) in [5, 5.41) is 0.861. The fourth-order valence-corrected chi connectivity index (χ4v) is 2.49. The Labute approximate surface area is 102 Å². The molecule has 0 saturated carbocycles. The Kier molecular flexibility index (Phi) is 3.72. The van der Waals surface area contributed by atoms with E-state index in [0.29, 0.717) is 12.5 Å². The van der Waals surface area contributed by atoms with E-state index < -0.39 is 0 Å². The van der Waals surface area contributed by atoms with Crippen molar-refractivity contribution in [1.29, 1.82) is 0 Å². The average molecular weight is 239 g/mol. The maximum atomic E-state index is 6.33. The first-order valence-corrected chi connectivity index (χ1v) is 6.34.